The van der Waals surface area contributed by atoms with Crippen LogP contribution in [0.15, 0.2) is 59.8 Å². The molecule has 0 aliphatic heterocycles. The molecule has 0 amide bonds. The van der Waals surface area contributed by atoms with Crippen LogP contribution in [0.2, 0.25) is 0 Å². The second-order valence-corrected chi connectivity index (χ2v) is 4.82. The van der Waals surface area contributed by atoms with Crippen molar-refractivity contribution in [3.8, 4) is 17.0 Å². The Kier molecular flexibility index (Phi) is 4.55. The van der Waals surface area contributed by atoms with Crippen molar-refractivity contribution in [2.24, 2.45) is 0 Å². The van der Waals surface area contributed by atoms with E-state index in [0.29, 0.717) is 17.0 Å². The summed E-state index contributed by atoms with van der Waals surface area (Å²) >= 11 is 0. The van der Waals surface area contributed by atoms with E-state index in [4.69, 9.17) is 0 Å². The van der Waals surface area contributed by atoms with Crippen LogP contribution < -0.4 is 10.3 Å². The first kappa shape index (κ1) is 15.7. The molecule has 0 saturated heterocycles. The standard InChI is InChI=1S/C16H12F2N4O2/c17-16(18)24-13-3-1-11(2-4-13)14-5-6-15(23)22(21-14)9-12-7-8-19-10-20-12/h1-8,10,16H,9H2. The smallest absolute Gasteiger partial charge is 0.387 e. The molecule has 3 rings (SSSR count). The number of ether oxygens (including phenoxy) is 1. The number of hydrogen-bond acceptors (Lipinski definition) is 5. The minimum absolute atomic E-state index is 0.0584. The topological polar surface area (TPSA) is 69.9 Å². The van der Waals surface area contributed by atoms with Crippen molar-refractivity contribution >= 4 is 0 Å². The first-order chi connectivity index (χ1) is 11.6. The van der Waals surface area contributed by atoms with Gasteiger partial charge < -0.3 is 4.74 Å². The van der Waals surface area contributed by atoms with E-state index in [-0.39, 0.29) is 17.9 Å². The lowest BCUT2D eigenvalue weighted by molar-refractivity contribution is -0.0498. The average molecular weight is 330 g/mol. The highest BCUT2D eigenvalue weighted by Gasteiger charge is 2.07. The van der Waals surface area contributed by atoms with Gasteiger partial charge in [-0.15, -0.1) is 0 Å². The molecule has 0 bridgehead atoms. The van der Waals surface area contributed by atoms with Gasteiger partial charge in [-0.05, 0) is 36.4 Å². The maximum atomic E-state index is 12.2. The third kappa shape index (κ3) is 3.78. The average Bonchev–Trinajstić information content (AvgIpc) is 2.58. The van der Waals surface area contributed by atoms with Gasteiger partial charge in [0.1, 0.15) is 12.1 Å². The Morgan fingerprint density at radius 2 is 1.88 bits per heavy atom. The van der Waals surface area contributed by atoms with Gasteiger partial charge in [-0.2, -0.15) is 13.9 Å². The fourth-order valence-electron chi connectivity index (χ4n) is 2.09. The SMILES string of the molecule is O=c1ccc(-c2ccc(OC(F)F)cc2)nn1Cc1ccncn1. The summed E-state index contributed by atoms with van der Waals surface area (Å²) < 4.78 is 29.9. The molecule has 6 nitrogen and oxygen atoms in total. The normalized spacial score (nSPS) is 10.8. The molecule has 0 radical (unpaired) electrons. The van der Waals surface area contributed by atoms with E-state index in [1.807, 2.05) is 0 Å². The van der Waals surface area contributed by atoms with E-state index >= 15 is 0 Å². The number of alkyl halides is 2. The number of rotatable bonds is 5. The highest BCUT2D eigenvalue weighted by atomic mass is 19.3. The van der Waals surface area contributed by atoms with Gasteiger partial charge in [0.15, 0.2) is 0 Å². The van der Waals surface area contributed by atoms with Crippen LogP contribution in [0.5, 0.6) is 5.75 Å². The molecule has 0 saturated carbocycles. The monoisotopic (exact) mass is 330 g/mol. The molecule has 2 aromatic heterocycles. The zero-order valence-electron chi connectivity index (χ0n) is 12.3. The predicted octanol–water partition coefficient (Wildman–Crippen LogP) is 2.35. The van der Waals surface area contributed by atoms with E-state index < -0.39 is 6.61 Å². The molecule has 122 valence electrons. The van der Waals surface area contributed by atoms with Crippen molar-refractivity contribution in [1.82, 2.24) is 19.7 Å². The minimum Gasteiger partial charge on any atom is -0.435 e. The fourth-order valence-corrected chi connectivity index (χ4v) is 2.09. The molecule has 0 fully saturated rings. The first-order valence-corrected chi connectivity index (χ1v) is 7.00. The van der Waals surface area contributed by atoms with Crippen molar-refractivity contribution in [3.05, 3.63) is 71.0 Å². The summed E-state index contributed by atoms with van der Waals surface area (Å²) in [6.45, 7) is -2.66. The Bertz CT molecular complexity index is 867. The maximum absolute atomic E-state index is 12.2. The van der Waals surface area contributed by atoms with Crippen LogP contribution in [-0.4, -0.2) is 26.4 Å². The number of benzene rings is 1. The molecule has 2 heterocycles. The number of hydrogen-bond donors (Lipinski definition) is 0. The molecule has 0 aliphatic carbocycles. The molecule has 8 heteroatoms. The fraction of sp³-hybridized carbons (Fsp3) is 0.125. The minimum atomic E-state index is -2.87. The highest BCUT2D eigenvalue weighted by molar-refractivity contribution is 5.59. The van der Waals surface area contributed by atoms with E-state index in [1.54, 1.807) is 30.5 Å². The molecular formula is C16H12F2N4O2. The summed E-state index contributed by atoms with van der Waals surface area (Å²) in [6.07, 6.45) is 2.98. The van der Waals surface area contributed by atoms with Crippen LogP contribution in [-0.2, 0) is 6.54 Å². The summed E-state index contributed by atoms with van der Waals surface area (Å²) in [5, 5.41) is 4.28. The maximum Gasteiger partial charge on any atom is 0.387 e. The van der Waals surface area contributed by atoms with E-state index in [2.05, 4.69) is 19.8 Å². The van der Waals surface area contributed by atoms with Gasteiger partial charge in [0.05, 0.1) is 17.9 Å². The molecule has 24 heavy (non-hydrogen) atoms. The summed E-state index contributed by atoms with van der Waals surface area (Å²) in [6, 6.07) is 10.7. The molecule has 0 unspecified atom stereocenters. The summed E-state index contributed by atoms with van der Waals surface area (Å²) in [5.74, 6) is 0.0584. The number of halogens is 2. The van der Waals surface area contributed by atoms with Crippen LogP contribution in [0, 0.1) is 0 Å². The second-order valence-electron chi connectivity index (χ2n) is 4.82. The molecule has 0 N–H and O–H groups in total. The zero-order chi connectivity index (χ0) is 16.9. The number of nitrogens with zero attached hydrogens (tertiary/aromatic N) is 4. The molecule has 1 aromatic carbocycles. The third-order valence-electron chi connectivity index (χ3n) is 3.20. The van der Waals surface area contributed by atoms with Crippen LogP contribution >= 0.6 is 0 Å². The molecule has 3 aromatic rings. The lowest BCUT2D eigenvalue weighted by Gasteiger charge is -2.08. The summed E-state index contributed by atoms with van der Waals surface area (Å²) in [5.41, 5.74) is 1.59. The number of aromatic nitrogens is 4. The highest BCUT2D eigenvalue weighted by Crippen LogP contribution is 2.21. The Morgan fingerprint density at radius 1 is 1.08 bits per heavy atom. The second kappa shape index (κ2) is 6.95. The van der Waals surface area contributed by atoms with E-state index in [1.165, 1.54) is 29.2 Å². The molecule has 0 aliphatic rings. The Hall–Kier alpha value is -3.16. The Labute approximate surface area is 135 Å². The van der Waals surface area contributed by atoms with Crippen LogP contribution in [0.3, 0.4) is 0 Å². The molecule has 0 spiro atoms. The van der Waals surface area contributed by atoms with E-state index in [9.17, 15) is 13.6 Å². The van der Waals surface area contributed by atoms with Crippen LogP contribution in [0.25, 0.3) is 11.3 Å². The van der Waals surface area contributed by atoms with Gasteiger partial charge in [0.25, 0.3) is 5.56 Å². The lowest BCUT2D eigenvalue weighted by atomic mass is 10.1. The Morgan fingerprint density at radius 3 is 2.54 bits per heavy atom. The van der Waals surface area contributed by atoms with Gasteiger partial charge in [-0.25, -0.2) is 14.6 Å². The van der Waals surface area contributed by atoms with Gasteiger partial charge in [0, 0.05) is 17.8 Å². The zero-order valence-corrected chi connectivity index (χ0v) is 12.3. The summed E-state index contributed by atoms with van der Waals surface area (Å²) in [4.78, 5) is 19.8. The van der Waals surface area contributed by atoms with Crippen molar-refractivity contribution < 1.29 is 13.5 Å². The third-order valence-corrected chi connectivity index (χ3v) is 3.20. The van der Waals surface area contributed by atoms with Gasteiger partial charge in [0.2, 0.25) is 0 Å². The summed E-state index contributed by atoms with van der Waals surface area (Å²) in [7, 11) is 0. The molecule has 0 atom stereocenters. The van der Waals surface area contributed by atoms with Gasteiger partial charge >= 0.3 is 6.61 Å². The van der Waals surface area contributed by atoms with Crippen molar-refractivity contribution in [3.63, 3.8) is 0 Å². The van der Waals surface area contributed by atoms with Crippen LogP contribution in [0.1, 0.15) is 5.69 Å². The van der Waals surface area contributed by atoms with Gasteiger partial charge in [-0.3, -0.25) is 4.79 Å². The molecular weight excluding hydrogens is 318 g/mol. The van der Waals surface area contributed by atoms with E-state index in [0.717, 1.165) is 0 Å². The van der Waals surface area contributed by atoms with Crippen molar-refractivity contribution in [1.29, 1.82) is 0 Å². The predicted molar refractivity (Wildman–Crippen MR) is 81.7 cm³/mol. The van der Waals surface area contributed by atoms with Crippen molar-refractivity contribution in [2.75, 3.05) is 0 Å². The van der Waals surface area contributed by atoms with Gasteiger partial charge in [-0.1, -0.05) is 0 Å². The Balaban J connectivity index is 1.86. The first-order valence-electron chi connectivity index (χ1n) is 7.00. The largest absolute Gasteiger partial charge is 0.435 e. The van der Waals surface area contributed by atoms with Crippen LogP contribution in [0.4, 0.5) is 8.78 Å². The lowest BCUT2D eigenvalue weighted by Crippen LogP contribution is -2.23. The van der Waals surface area contributed by atoms with Crippen molar-refractivity contribution in [2.45, 2.75) is 13.2 Å². The quantitative estimate of drug-likeness (QED) is 0.718.